The summed E-state index contributed by atoms with van der Waals surface area (Å²) >= 11 is 0. The topological polar surface area (TPSA) is 78.3 Å². The number of hydrogen-bond donors (Lipinski definition) is 3. The molecule has 3 aromatic rings. The SMILES string of the molecule is CN=C(C)n1c(=N)ccc2c1cc(C(O)NCC(C)C)n2Cc1ccccc1. The van der Waals surface area contributed by atoms with Gasteiger partial charge in [-0.2, -0.15) is 0 Å². The van der Waals surface area contributed by atoms with Crippen molar-refractivity contribution in [3.05, 3.63) is 65.3 Å². The second kappa shape index (κ2) is 8.54. The van der Waals surface area contributed by atoms with Gasteiger partial charge in [0.1, 0.15) is 17.6 Å². The summed E-state index contributed by atoms with van der Waals surface area (Å²) in [5, 5.41) is 22.4. The van der Waals surface area contributed by atoms with Crippen molar-refractivity contribution in [3.63, 3.8) is 0 Å². The maximum Gasteiger partial charge on any atom is 0.146 e. The third kappa shape index (κ3) is 4.08. The molecule has 0 aliphatic heterocycles. The molecule has 1 atom stereocenters. The molecule has 3 rings (SSSR count). The second-order valence-electron chi connectivity index (χ2n) is 7.44. The van der Waals surface area contributed by atoms with E-state index < -0.39 is 6.23 Å². The number of aliphatic hydroxyl groups excluding tert-OH is 1. The smallest absolute Gasteiger partial charge is 0.146 e. The fourth-order valence-corrected chi connectivity index (χ4v) is 3.36. The molecular weight excluding hydrogens is 350 g/mol. The summed E-state index contributed by atoms with van der Waals surface area (Å²) in [5.74, 6) is 1.17. The van der Waals surface area contributed by atoms with Crippen LogP contribution >= 0.6 is 0 Å². The predicted molar refractivity (Wildman–Crippen MR) is 114 cm³/mol. The Morgan fingerprint density at radius 1 is 1.14 bits per heavy atom. The van der Waals surface area contributed by atoms with Gasteiger partial charge in [0, 0.05) is 20.1 Å². The van der Waals surface area contributed by atoms with E-state index in [2.05, 4.69) is 40.9 Å². The molecule has 0 spiro atoms. The van der Waals surface area contributed by atoms with Crippen LogP contribution in [0.3, 0.4) is 0 Å². The highest BCUT2D eigenvalue weighted by molar-refractivity contribution is 5.92. The predicted octanol–water partition coefficient (Wildman–Crippen LogP) is 3.10. The van der Waals surface area contributed by atoms with E-state index in [9.17, 15) is 5.11 Å². The highest BCUT2D eigenvalue weighted by atomic mass is 16.3. The number of rotatable bonds is 6. The van der Waals surface area contributed by atoms with Gasteiger partial charge in [0.15, 0.2) is 0 Å². The molecule has 0 radical (unpaired) electrons. The van der Waals surface area contributed by atoms with E-state index in [1.54, 1.807) is 13.1 Å². The van der Waals surface area contributed by atoms with Crippen molar-refractivity contribution in [1.82, 2.24) is 14.5 Å². The minimum atomic E-state index is -0.792. The lowest BCUT2D eigenvalue weighted by Gasteiger charge is -2.18. The lowest BCUT2D eigenvalue weighted by molar-refractivity contribution is 0.127. The number of pyridine rings is 1. The molecule has 2 heterocycles. The lowest BCUT2D eigenvalue weighted by atomic mass is 10.2. The Kier molecular flexibility index (Phi) is 6.11. The van der Waals surface area contributed by atoms with Gasteiger partial charge >= 0.3 is 0 Å². The Morgan fingerprint density at radius 3 is 2.50 bits per heavy atom. The molecule has 3 N–H and O–H groups in total. The van der Waals surface area contributed by atoms with Crippen molar-refractivity contribution in [2.45, 2.75) is 33.5 Å². The van der Waals surface area contributed by atoms with Gasteiger partial charge in [-0.05, 0) is 36.6 Å². The highest BCUT2D eigenvalue weighted by Crippen LogP contribution is 2.24. The zero-order valence-electron chi connectivity index (χ0n) is 17.0. The molecular formula is C22H29N5O. The van der Waals surface area contributed by atoms with Crippen molar-refractivity contribution < 1.29 is 5.11 Å². The first-order valence-corrected chi connectivity index (χ1v) is 9.61. The monoisotopic (exact) mass is 379 g/mol. The summed E-state index contributed by atoms with van der Waals surface area (Å²) in [5.41, 5.74) is 4.13. The fourth-order valence-electron chi connectivity index (χ4n) is 3.36. The second-order valence-corrected chi connectivity index (χ2v) is 7.44. The zero-order valence-corrected chi connectivity index (χ0v) is 17.0. The van der Waals surface area contributed by atoms with Gasteiger partial charge in [0.2, 0.25) is 0 Å². The van der Waals surface area contributed by atoms with Gasteiger partial charge in [0.25, 0.3) is 0 Å². The molecule has 0 fully saturated rings. The van der Waals surface area contributed by atoms with E-state index in [1.807, 2.05) is 41.8 Å². The molecule has 148 valence electrons. The first-order valence-electron chi connectivity index (χ1n) is 9.61. The van der Waals surface area contributed by atoms with Gasteiger partial charge in [0.05, 0.1) is 16.7 Å². The molecule has 0 aliphatic rings. The average molecular weight is 380 g/mol. The summed E-state index contributed by atoms with van der Waals surface area (Å²) in [6.45, 7) is 7.47. The van der Waals surface area contributed by atoms with Gasteiger partial charge in [-0.3, -0.25) is 20.3 Å². The summed E-state index contributed by atoms with van der Waals surface area (Å²) in [4.78, 5) is 4.27. The van der Waals surface area contributed by atoms with E-state index >= 15 is 0 Å². The summed E-state index contributed by atoms with van der Waals surface area (Å²) < 4.78 is 3.93. The molecule has 0 saturated heterocycles. The van der Waals surface area contributed by atoms with Gasteiger partial charge in [-0.25, -0.2) is 0 Å². The van der Waals surface area contributed by atoms with Crippen LogP contribution < -0.4 is 10.8 Å². The Labute approximate surface area is 165 Å². The van der Waals surface area contributed by atoms with Crippen molar-refractivity contribution in [1.29, 1.82) is 5.41 Å². The van der Waals surface area contributed by atoms with Crippen LogP contribution in [0.25, 0.3) is 11.0 Å². The van der Waals surface area contributed by atoms with E-state index in [-0.39, 0.29) is 0 Å². The first kappa shape index (κ1) is 20.0. The van der Waals surface area contributed by atoms with Gasteiger partial charge in [-0.15, -0.1) is 0 Å². The van der Waals surface area contributed by atoms with E-state index in [0.29, 0.717) is 24.5 Å². The van der Waals surface area contributed by atoms with E-state index in [4.69, 9.17) is 5.41 Å². The van der Waals surface area contributed by atoms with Crippen LogP contribution in [-0.4, -0.2) is 33.7 Å². The summed E-state index contributed by atoms with van der Waals surface area (Å²) in [6, 6.07) is 15.9. The Bertz CT molecular complexity index is 1030. The number of fused-ring (bicyclic) bond motifs is 1. The Hall–Kier alpha value is -2.70. The first-order chi connectivity index (χ1) is 13.4. The van der Waals surface area contributed by atoms with E-state index in [0.717, 1.165) is 28.1 Å². The van der Waals surface area contributed by atoms with Crippen LogP contribution in [0.1, 0.15) is 38.3 Å². The molecule has 0 saturated carbocycles. The third-order valence-electron chi connectivity index (χ3n) is 4.86. The molecule has 0 aliphatic carbocycles. The summed E-state index contributed by atoms with van der Waals surface area (Å²) in [6.07, 6.45) is -0.792. The standard InChI is InChI=1S/C22H29N5O/c1-15(2)13-25-22(28)20-12-19-18(10-11-21(23)27(19)16(3)24-4)26(20)14-17-8-6-5-7-9-17/h5-12,15,22-23,25,28H,13-14H2,1-4H3. The maximum atomic E-state index is 10.9. The van der Waals surface area contributed by atoms with Crippen molar-refractivity contribution in [2.75, 3.05) is 13.6 Å². The van der Waals surface area contributed by atoms with Gasteiger partial charge < -0.3 is 9.67 Å². The normalized spacial score (nSPS) is 13.4. The van der Waals surface area contributed by atoms with Crippen molar-refractivity contribution in [3.8, 4) is 0 Å². The minimum Gasteiger partial charge on any atom is -0.373 e. The summed E-state index contributed by atoms with van der Waals surface area (Å²) in [7, 11) is 1.72. The highest BCUT2D eigenvalue weighted by Gasteiger charge is 2.19. The van der Waals surface area contributed by atoms with Crippen LogP contribution in [0.15, 0.2) is 53.5 Å². The van der Waals surface area contributed by atoms with Crippen LogP contribution in [0, 0.1) is 11.3 Å². The Morgan fingerprint density at radius 2 is 1.86 bits per heavy atom. The number of nitrogens with one attached hydrogen (secondary N) is 2. The van der Waals surface area contributed by atoms with E-state index in [1.165, 1.54) is 0 Å². The number of aliphatic hydroxyl groups is 1. The average Bonchev–Trinajstić information content (AvgIpc) is 3.04. The number of aliphatic imine (C=N–C) groups is 1. The van der Waals surface area contributed by atoms with Crippen molar-refractivity contribution >= 4 is 16.9 Å². The number of aromatic nitrogens is 2. The molecule has 1 aromatic carbocycles. The molecule has 1 unspecified atom stereocenters. The number of benzene rings is 1. The largest absolute Gasteiger partial charge is 0.373 e. The van der Waals surface area contributed by atoms with Crippen molar-refractivity contribution in [2.24, 2.45) is 10.9 Å². The maximum absolute atomic E-state index is 10.9. The molecule has 28 heavy (non-hydrogen) atoms. The molecule has 0 bridgehead atoms. The molecule has 6 nitrogen and oxygen atoms in total. The molecule has 2 aromatic heterocycles. The molecule has 0 amide bonds. The van der Waals surface area contributed by atoms with Crippen LogP contribution in [0.5, 0.6) is 0 Å². The number of hydrogen-bond acceptors (Lipinski definition) is 4. The lowest BCUT2D eigenvalue weighted by Crippen LogP contribution is -2.27. The van der Waals surface area contributed by atoms with Crippen LogP contribution in [-0.2, 0) is 6.54 Å². The van der Waals surface area contributed by atoms with Crippen LogP contribution in [0.2, 0.25) is 0 Å². The fraction of sp³-hybridized carbons (Fsp3) is 0.364. The van der Waals surface area contributed by atoms with Gasteiger partial charge in [-0.1, -0.05) is 44.2 Å². The van der Waals surface area contributed by atoms with Crippen LogP contribution in [0.4, 0.5) is 0 Å². The minimum absolute atomic E-state index is 0.364. The zero-order chi connectivity index (χ0) is 20.3. The molecule has 6 heteroatoms. The Balaban J connectivity index is 2.18. The number of nitrogens with zero attached hydrogens (tertiary/aromatic N) is 3. The third-order valence-corrected chi connectivity index (χ3v) is 4.86. The quantitative estimate of drug-likeness (QED) is 0.350.